The van der Waals surface area contributed by atoms with E-state index in [2.05, 4.69) is 10.6 Å². The van der Waals surface area contributed by atoms with Crippen molar-refractivity contribution < 1.29 is 9.53 Å². The molecule has 6 heteroatoms. The lowest BCUT2D eigenvalue weighted by atomic mass is 9.94. The molecule has 1 saturated heterocycles. The molecule has 0 aliphatic carbocycles. The number of piperidine rings is 1. The van der Waals surface area contributed by atoms with Crippen LogP contribution in [-0.2, 0) is 16.1 Å². The van der Waals surface area contributed by atoms with E-state index >= 15 is 0 Å². The van der Waals surface area contributed by atoms with Gasteiger partial charge in [0.25, 0.3) is 5.56 Å². The van der Waals surface area contributed by atoms with Gasteiger partial charge in [0, 0.05) is 32.3 Å². The third kappa shape index (κ3) is 4.99. The number of nitrogens with zero attached hydrogens (tertiary/aromatic N) is 1. The molecule has 1 fully saturated rings. The normalized spacial score (nSPS) is 15.9. The van der Waals surface area contributed by atoms with Crippen LogP contribution in [0.15, 0.2) is 23.1 Å². The molecular formula is C15H23N3O3. The maximum atomic E-state index is 12.0. The quantitative estimate of drug-likeness (QED) is 0.814. The number of amides is 1. The number of nitrogens with one attached hydrogen (secondary N) is 2. The fourth-order valence-corrected chi connectivity index (χ4v) is 2.53. The third-order valence-electron chi connectivity index (χ3n) is 3.74. The van der Waals surface area contributed by atoms with E-state index in [4.69, 9.17) is 4.74 Å². The van der Waals surface area contributed by atoms with E-state index in [0.717, 1.165) is 25.9 Å². The van der Waals surface area contributed by atoms with Crippen molar-refractivity contribution in [2.24, 2.45) is 5.92 Å². The molecule has 1 aliphatic heterocycles. The molecule has 21 heavy (non-hydrogen) atoms. The van der Waals surface area contributed by atoms with Gasteiger partial charge in [0.2, 0.25) is 5.91 Å². The Hall–Kier alpha value is -1.66. The number of hydrogen-bond donors (Lipinski definition) is 2. The van der Waals surface area contributed by atoms with E-state index < -0.39 is 0 Å². The standard InChI is InChI=1S/C15H23N3O3/c1-21-9-8-18-11-13(2-3-15(18)20)17-14(19)10-12-4-6-16-7-5-12/h2-3,11-12,16H,4-10H2,1H3,(H,17,19). The Morgan fingerprint density at radius 3 is 2.90 bits per heavy atom. The van der Waals surface area contributed by atoms with Crippen molar-refractivity contribution in [3.8, 4) is 0 Å². The first-order valence-electron chi connectivity index (χ1n) is 7.39. The summed E-state index contributed by atoms with van der Waals surface area (Å²) in [6.07, 6.45) is 4.29. The van der Waals surface area contributed by atoms with Crippen LogP contribution in [0.5, 0.6) is 0 Å². The molecule has 0 saturated carbocycles. The Morgan fingerprint density at radius 1 is 1.43 bits per heavy atom. The van der Waals surface area contributed by atoms with Crippen molar-refractivity contribution in [1.82, 2.24) is 9.88 Å². The molecule has 0 radical (unpaired) electrons. The lowest BCUT2D eigenvalue weighted by Gasteiger charge is -2.22. The van der Waals surface area contributed by atoms with Crippen molar-refractivity contribution in [3.05, 3.63) is 28.7 Å². The molecule has 116 valence electrons. The zero-order chi connectivity index (χ0) is 15.1. The number of carbonyl (C=O) groups excluding carboxylic acids is 1. The molecule has 2 N–H and O–H groups in total. The Labute approximate surface area is 124 Å². The summed E-state index contributed by atoms with van der Waals surface area (Å²) in [6, 6.07) is 3.11. The van der Waals surface area contributed by atoms with Crippen molar-refractivity contribution in [2.45, 2.75) is 25.8 Å². The molecule has 1 aromatic rings. The molecule has 1 aromatic heterocycles. The summed E-state index contributed by atoms with van der Waals surface area (Å²) < 4.78 is 6.51. The first kappa shape index (κ1) is 15.7. The van der Waals surface area contributed by atoms with Gasteiger partial charge in [-0.15, -0.1) is 0 Å². The maximum absolute atomic E-state index is 12.0. The van der Waals surface area contributed by atoms with Gasteiger partial charge < -0.3 is 19.9 Å². The van der Waals surface area contributed by atoms with Crippen LogP contribution in [-0.4, -0.2) is 37.3 Å². The Kier molecular flexibility index (Phi) is 5.95. The van der Waals surface area contributed by atoms with Crippen LogP contribution in [0.4, 0.5) is 5.69 Å². The highest BCUT2D eigenvalue weighted by Gasteiger charge is 2.16. The van der Waals surface area contributed by atoms with Gasteiger partial charge in [0.1, 0.15) is 0 Å². The lowest BCUT2D eigenvalue weighted by Crippen LogP contribution is -2.30. The molecule has 0 bridgehead atoms. The summed E-state index contributed by atoms with van der Waals surface area (Å²) in [5.74, 6) is 0.462. The van der Waals surface area contributed by atoms with Crippen LogP contribution in [0, 0.1) is 5.92 Å². The highest BCUT2D eigenvalue weighted by atomic mass is 16.5. The highest BCUT2D eigenvalue weighted by molar-refractivity contribution is 5.90. The average Bonchev–Trinajstić information content (AvgIpc) is 2.48. The molecule has 1 aliphatic rings. The number of rotatable bonds is 6. The number of carbonyl (C=O) groups is 1. The SMILES string of the molecule is COCCn1cc(NC(=O)CC2CCNCC2)ccc1=O. The van der Waals surface area contributed by atoms with Crippen molar-refractivity contribution in [2.75, 3.05) is 32.1 Å². The minimum absolute atomic E-state index is 0.0128. The molecular weight excluding hydrogens is 270 g/mol. The second kappa shape index (κ2) is 7.95. The van der Waals surface area contributed by atoms with Gasteiger partial charge >= 0.3 is 0 Å². The minimum Gasteiger partial charge on any atom is -0.383 e. The average molecular weight is 293 g/mol. The van der Waals surface area contributed by atoms with Gasteiger partial charge in [-0.2, -0.15) is 0 Å². The number of hydrogen-bond acceptors (Lipinski definition) is 4. The largest absolute Gasteiger partial charge is 0.383 e. The molecule has 0 aromatic carbocycles. The van der Waals surface area contributed by atoms with Crippen LogP contribution < -0.4 is 16.2 Å². The smallest absolute Gasteiger partial charge is 0.250 e. The first-order chi connectivity index (χ1) is 10.2. The summed E-state index contributed by atoms with van der Waals surface area (Å²) >= 11 is 0. The van der Waals surface area contributed by atoms with Gasteiger partial charge in [-0.05, 0) is 37.9 Å². The predicted octanol–water partition coefficient (Wildman–Crippen LogP) is 0.823. The van der Waals surface area contributed by atoms with E-state index in [0.29, 0.717) is 31.2 Å². The van der Waals surface area contributed by atoms with Crippen LogP contribution in [0.25, 0.3) is 0 Å². The van der Waals surface area contributed by atoms with Crippen LogP contribution >= 0.6 is 0 Å². The topological polar surface area (TPSA) is 72.4 Å². The summed E-state index contributed by atoms with van der Waals surface area (Å²) in [7, 11) is 1.59. The molecule has 6 nitrogen and oxygen atoms in total. The highest BCUT2D eigenvalue weighted by Crippen LogP contribution is 2.16. The summed E-state index contributed by atoms with van der Waals surface area (Å²) in [5.41, 5.74) is 0.563. The van der Waals surface area contributed by atoms with Crippen LogP contribution in [0.2, 0.25) is 0 Å². The molecule has 2 heterocycles. The first-order valence-corrected chi connectivity index (χ1v) is 7.39. The third-order valence-corrected chi connectivity index (χ3v) is 3.74. The Bertz CT molecular complexity index is 521. The van der Waals surface area contributed by atoms with Gasteiger partial charge in [0.05, 0.1) is 12.3 Å². The monoisotopic (exact) mass is 293 g/mol. The predicted molar refractivity (Wildman–Crippen MR) is 81.4 cm³/mol. The van der Waals surface area contributed by atoms with Crippen molar-refractivity contribution in [3.63, 3.8) is 0 Å². The molecule has 1 amide bonds. The fourth-order valence-electron chi connectivity index (χ4n) is 2.53. The maximum Gasteiger partial charge on any atom is 0.250 e. The van der Waals surface area contributed by atoms with E-state index in [-0.39, 0.29) is 11.5 Å². The van der Waals surface area contributed by atoms with E-state index in [1.807, 2.05) is 0 Å². The van der Waals surface area contributed by atoms with Gasteiger partial charge in [-0.25, -0.2) is 0 Å². The second-order valence-corrected chi connectivity index (χ2v) is 5.39. The lowest BCUT2D eigenvalue weighted by molar-refractivity contribution is -0.117. The van der Waals surface area contributed by atoms with Gasteiger partial charge in [-0.1, -0.05) is 0 Å². The van der Waals surface area contributed by atoms with Gasteiger partial charge in [0.15, 0.2) is 0 Å². The number of methoxy groups -OCH3 is 1. The van der Waals surface area contributed by atoms with E-state index in [1.54, 1.807) is 23.9 Å². The van der Waals surface area contributed by atoms with Gasteiger partial charge in [-0.3, -0.25) is 9.59 Å². The van der Waals surface area contributed by atoms with E-state index in [1.165, 1.54) is 6.07 Å². The summed E-state index contributed by atoms with van der Waals surface area (Å²) in [6.45, 7) is 2.92. The van der Waals surface area contributed by atoms with Crippen LogP contribution in [0.1, 0.15) is 19.3 Å². The Morgan fingerprint density at radius 2 is 2.19 bits per heavy atom. The number of ether oxygens (including phenoxy) is 1. The molecule has 0 atom stereocenters. The van der Waals surface area contributed by atoms with Crippen LogP contribution in [0.3, 0.4) is 0 Å². The number of aromatic nitrogens is 1. The fraction of sp³-hybridized carbons (Fsp3) is 0.600. The van der Waals surface area contributed by atoms with E-state index in [9.17, 15) is 9.59 Å². The summed E-state index contributed by atoms with van der Waals surface area (Å²) in [4.78, 5) is 23.7. The van der Waals surface area contributed by atoms with Crippen molar-refractivity contribution in [1.29, 1.82) is 0 Å². The Balaban J connectivity index is 1.92. The van der Waals surface area contributed by atoms with Crippen molar-refractivity contribution >= 4 is 11.6 Å². The molecule has 2 rings (SSSR count). The minimum atomic E-state index is -0.0941. The zero-order valence-corrected chi connectivity index (χ0v) is 12.4. The molecule has 0 spiro atoms. The number of pyridine rings is 1. The zero-order valence-electron chi connectivity index (χ0n) is 12.4. The second-order valence-electron chi connectivity index (χ2n) is 5.39. The summed E-state index contributed by atoms with van der Waals surface area (Å²) in [5, 5.41) is 6.16. The number of anilines is 1. The molecule has 0 unspecified atom stereocenters.